The number of esters is 1. The molecule has 6 heteroatoms. The number of amides is 1. The molecular formula is C8H9N3O3. The monoisotopic (exact) mass is 195 g/mol. The maximum Gasteiger partial charge on any atom is 0.396 e. The lowest BCUT2D eigenvalue weighted by Crippen LogP contribution is -2.31. The van der Waals surface area contributed by atoms with E-state index in [1.807, 2.05) is 0 Å². The average Bonchev–Trinajstić information content (AvgIpc) is 2.26. The van der Waals surface area contributed by atoms with Crippen LogP contribution in [0.1, 0.15) is 5.69 Å². The lowest BCUT2D eigenvalue weighted by molar-refractivity contribution is -0.152. The van der Waals surface area contributed by atoms with Gasteiger partial charge >= 0.3 is 11.9 Å². The van der Waals surface area contributed by atoms with Gasteiger partial charge in [-0.15, -0.1) is 0 Å². The Morgan fingerprint density at radius 3 is 2.93 bits per heavy atom. The molecule has 0 saturated heterocycles. The number of methoxy groups -OCH3 is 1. The number of rotatable bonds is 2. The molecule has 0 atom stereocenters. The molecule has 0 aliphatic heterocycles. The van der Waals surface area contributed by atoms with E-state index in [1.54, 1.807) is 12.3 Å². The van der Waals surface area contributed by atoms with Crippen LogP contribution in [0.25, 0.3) is 0 Å². The molecule has 0 aromatic carbocycles. The SMILES string of the molecule is COC(=O)C(=O)NCc1ccncn1. The molecule has 1 heterocycles. The quantitative estimate of drug-likeness (QED) is 0.496. The van der Waals surface area contributed by atoms with Gasteiger partial charge in [0, 0.05) is 6.20 Å². The van der Waals surface area contributed by atoms with Crippen LogP contribution >= 0.6 is 0 Å². The van der Waals surface area contributed by atoms with Gasteiger partial charge in [0.1, 0.15) is 6.33 Å². The summed E-state index contributed by atoms with van der Waals surface area (Å²) in [4.78, 5) is 29.2. The van der Waals surface area contributed by atoms with E-state index in [9.17, 15) is 9.59 Å². The summed E-state index contributed by atoms with van der Waals surface area (Å²) in [6.45, 7) is 0.177. The Balaban J connectivity index is 2.42. The van der Waals surface area contributed by atoms with Gasteiger partial charge in [0.25, 0.3) is 0 Å². The van der Waals surface area contributed by atoms with Crippen LogP contribution in [-0.2, 0) is 20.9 Å². The fourth-order valence-electron chi connectivity index (χ4n) is 0.758. The molecule has 0 saturated carbocycles. The molecule has 1 amide bonds. The molecule has 0 aliphatic carbocycles. The van der Waals surface area contributed by atoms with Crippen molar-refractivity contribution >= 4 is 11.9 Å². The van der Waals surface area contributed by atoms with Gasteiger partial charge in [-0.05, 0) is 6.07 Å². The molecule has 1 aromatic heterocycles. The van der Waals surface area contributed by atoms with Crippen LogP contribution in [0.4, 0.5) is 0 Å². The Hall–Kier alpha value is -1.98. The molecular weight excluding hydrogens is 186 g/mol. The maximum absolute atomic E-state index is 10.9. The van der Waals surface area contributed by atoms with Crippen LogP contribution in [0.2, 0.25) is 0 Å². The summed E-state index contributed by atoms with van der Waals surface area (Å²) in [5.74, 6) is -1.70. The Bertz CT molecular complexity index is 326. The molecule has 1 aromatic rings. The third-order valence-corrected chi connectivity index (χ3v) is 1.44. The Kier molecular flexibility index (Phi) is 3.54. The Labute approximate surface area is 80.3 Å². The molecule has 0 bridgehead atoms. The first-order chi connectivity index (χ1) is 6.74. The number of aromatic nitrogens is 2. The van der Waals surface area contributed by atoms with Gasteiger partial charge in [-0.1, -0.05) is 0 Å². The van der Waals surface area contributed by atoms with Crippen molar-refractivity contribution in [3.63, 3.8) is 0 Å². The van der Waals surface area contributed by atoms with Gasteiger partial charge in [0.05, 0.1) is 19.3 Å². The van der Waals surface area contributed by atoms with E-state index in [4.69, 9.17) is 0 Å². The first kappa shape index (κ1) is 10.1. The number of ether oxygens (including phenoxy) is 1. The molecule has 0 unspecified atom stereocenters. The highest BCUT2D eigenvalue weighted by Crippen LogP contribution is 1.89. The highest BCUT2D eigenvalue weighted by Gasteiger charge is 2.12. The normalized spacial score (nSPS) is 9.21. The summed E-state index contributed by atoms with van der Waals surface area (Å²) in [6, 6.07) is 1.64. The van der Waals surface area contributed by atoms with E-state index in [0.717, 1.165) is 7.11 Å². The standard InChI is InChI=1S/C8H9N3O3/c1-14-8(13)7(12)10-4-6-2-3-9-5-11-6/h2-3,5H,4H2,1H3,(H,10,12). The van der Waals surface area contributed by atoms with Crippen molar-refractivity contribution in [2.45, 2.75) is 6.54 Å². The smallest absolute Gasteiger partial charge is 0.396 e. The Morgan fingerprint density at radius 1 is 1.57 bits per heavy atom. The highest BCUT2D eigenvalue weighted by atomic mass is 16.5. The van der Waals surface area contributed by atoms with Crippen molar-refractivity contribution < 1.29 is 14.3 Å². The van der Waals surface area contributed by atoms with Crippen LogP contribution in [-0.4, -0.2) is 29.0 Å². The van der Waals surface area contributed by atoms with Crippen molar-refractivity contribution in [2.24, 2.45) is 0 Å². The lowest BCUT2D eigenvalue weighted by atomic mass is 10.4. The second-order valence-electron chi connectivity index (χ2n) is 2.37. The van der Waals surface area contributed by atoms with E-state index in [1.165, 1.54) is 6.33 Å². The molecule has 1 N–H and O–H groups in total. The third kappa shape index (κ3) is 2.81. The predicted octanol–water partition coefficient (Wildman–Crippen LogP) is -0.734. The van der Waals surface area contributed by atoms with Gasteiger partial charge in [-0.25, -0.2) is 14.8 Å². The number of hydrogen-bond donors (Lipinski definition) is 1. The van der Waals surface area contributed by atoms with Crippen LogP contribution in [0.3, 0.4) is 0 Å². The van der Waals surface area contributed by atoms with Crippen molar-refractivity contribution in [1.29, 1.82) is 0 Å². The van der Waals surface area contributed by atoms with Gasteiger partial charge < -0.3 is 10.1 Å². The Morgan fingerprint density at radius 2 is 2.36 bits per heavy atom. The van der Waals surface area contributed by atoms with E-state index in [-0.39, 0.29) is 6.54 Å². The number of nitrogens with one attached hydrogen (secondary N) is 1. The lowest BCUT2D eigenvalue weighted by Gasteiger charge is -2.01. The van der Waals surface area contributed by atoms with Crippen LogP contribution in [0.15, 0.2) is 18.6 Å². The van der Waals surface area contributed by atoms with Gasteiger partial charge in [-0.3, -0.25) is 4.79 Å². The molecule has 74 valence electrons. The molecule has 0 spiro atoms. The van der Waals surface area contributed by atoms with Crippen molar-refractivity contribution in [3.8, 4) is 0 Å². The fourth-order valence-corrected chi connectivity index (χ4v) is 0.758. The minimum absolute atomic E-state index is 0.177. The summed E-state index contributed by atoms with van der Waals surface area (Å²) < 4.78 is 4.22. The molecule has 14 heavy (non-hydrogen) atoms. The van der Waals surface area contributed by atoms with Gasteiger partial charge in [0.15, 0.2) is 0 Å². The molecule has 1 rings (SSSR count). The first-order valence-electron chi connectivity index (χ1n) is 3.85. The predicted molar refractivity (Wildman–Crippen MR) is 45.9 cm³/mol. The second-order valence-corrected chi connectivity index (χ2v) is 2.37. The first-order valence-corrected chi connectivity index (χ1v) is 3.85. The van der Waals surface area contributed by atoms with Crippen LogP contribution in [0, 0.1) is 0 Å². The van der Waals surface area contributed by atoms with E-state index >= 15 is 0 Å². The zero-order valence-corrected chi connectivity index (χ0v) is 7.56. The highest BCUT2D eigenvalue weighted by molar-refractivity contribution is 6.32. The molecule has 6 nitrogen and oxygen atoms in total. The zero-order chi connectivity index (χ0) is 10.4. The largest absolute Gasteiger partial charge is 0.462 e. The van der Waals surface area contributed by atoms with Gasteiger partial charge in [-0.2, -0.15) is 0 Å². The summed E-state index contributed by atoms with van der Waals surface area (Å²) in [7, 11) is 1.15. The summed E-state index contributed by atoms with van der Waals surface area (Å²) in [5.41, 5.74) is 0.622. The van der Waals surface area contributed by atoms with E-state index in [0.29, 0.717) is 5.69 Å². The fraction of sp³-hybridized carbons (Fsp3) is 0.250. The molecule has 0 fully saturated rings. The third-order valence-electron chi connectivity index (χ3n) is 1.44. The molecule has 0 radical (unpaired) electrons. The minimum atomic E-state index is -0.918. The summed E-state index contributed by atoms with van der Waals surface area (Å²) in [6.07, 6.45) is 2.91. The van der Waals surface area contributed by atoms with Gasteiger partial charge in [0.2, 0.25) is 0 Å². The van der Waals surface area contributed by atoms with Crippen LogP contribution in [0.5, 0.6) is 0 Å². The number of hydrogen-bond acceptors (Lipinski definition) is 5. The summed E-state index contributed by atoms with van der Waals surface area (Å²) >= 11 is 0. The minimum Gasteiger partial charge on any atom is -0.462 e. The number of nitrogens with zero attached hydrogens (tertiary/aromatic N) is 2. The molecule has 0 aliphatic rings. The zero-order valence-electron chi connectivity index (χ0n) is 7.56. The van der Waals surface area contributed by atoms with Crippen molar-refractivity contribution in [2.75, 3.05) is 7.11 Å². The topological polar surface area (TPSA) is 81.2 Å². The van der Waals surface area contributed by atoms with Crippen molar-refractivity contribution in [1.82, 2.24) is 15.3 Å². The van der Waals surface area contributed by atoms with E-state index in [2.05, 4.69) is 20.0 Å². The second kappa shape index (κ2) is 4.90. The van der Waals surface area contributed by atoms with E-state index < -0.39 is 11.9 Å². The maximum atomic E-state index is 10.9. The average molecular weight is 195 g/mol. The number of carbonyl (C=O) groups is 2. The number of carbonyl (C=O) groups excluding carboxylic acids is 2. The summed E-state index contributed by atoms with van der Waals surface area (Å²) in [5, 5.41) is 2.35. The van der Waals surface area contributed by atoms with Crippen molar-refractivity contribution in [3.05, 3.63) is 24.3 Å². The van der Waals surface area contributed by atoms with Crippen LogP contribution < -0.4 is 5.32 Å².